The van der Waals surface area contributed by atoms with Crippen LogP contribution in [-0.4, -0.2) is 12.2 Å². The first-order chi connectivity index (χ1) is 6.29. The summed E-state index contributed by atoms with van der Waals surface area (Å²) >= 11 is 0. The standard InChI is InChI=1S/C12H10O/c1-7-9-5-3-4-6-10(9)8(2)12-11(7)13-12/h3-6,11-12H,1-2H2. The second-order valence-electron chi connectivity index (χ2n) is 3.57. The molecular formula is C12H10O. The van der Waals surface area contributed by atoms with Gasteiger partial charge >= 0.3 is 0 Å². The molecule has 1 aromatic carbocycles. The molecule has 1 aliphatic carbocycles. The van der Waals surface area contributed by atoms with E-state index in [9.17, 15) is 0 Å². The zero-order valence-corrected chi connectivity index (χ0v) is 7.29. The van der Waals surface area contributed by atoms with Gasteiger partial charge in [0.2, 0.25) is 0 Å². The van der Waals surface area contributed by atoms with Crippen molar-refractivity contribution < 1.29 is 4.74 Å². The lowest BCUT2D eigenvalue weighted by molar-refractivity contribution is 0.423. The van der Waals surface area contributed by atoms with Gasteiger partial charge in [0.05, 0.1) is 0 Å². The van der Waals surface area contributed by atoms with E-state index in [0.717, 1.165) is 11.1 Å². The lowest BCUT2D eigenvalue weighted by Gasteiger charge is -2.15. The number of ether oxygens (including phenoxy) is 1. The molecule has 1 aliphatic heterocycles. The Kier molecular flexibility index (Phi) is 1.16. The Bertz CT molecular complexity index is 378. The second-order valence-corrected chi connectivity index (χ2v) is 3.57. The Balaban J connectivity index is 2.26. The molecule has 0 spiro atoms. The fraction of sp³-hybridized carbons (Fsp3) is 0.167. The van der Waals surface area contributed by atoms with Crippen molar-refractivity contribution in [1.82, 2.24) is 0 Å². The summed E-state index contributed by atoms with van der Waals surface area (Å²) in [7, 11) is 0. The zero-order chi connectivity index (χ0) is 9.00. The molecule has 0 bridgehead atoms. The van der Waals surface area contributed by atoms with Gasteiger partial charge in [0.15, 0.2) is 0 Å². The Morgan fingerprint density at radius 2 is 1.38 bits per heavy atom. The summed E-state index contributed by atoms with van der Waals surface area (Å²) in [5.74, 6) is 0. The quantitative estimate of drug-likeness (QED) is 0.545. The van der Waals surface area contributed by atoms with Gasteiger partial charge in [-0.3, -0.25) is 0 Å². The Morgan fingerprint density at radius 1 is 0.923 bits per heavy atom. The molecule has 2 aliphatic rings. The Hall–Kier alpha value is -1.34. The van der Waals surface area contributed by atoms with E-state index in [1.165, 1.54) is 11.1 Å². The number of hydrogen-bond donors (Lipinski definition) is 0. The average Bonchev–Trinajstić information content (AvgIpc) is 2.94. The molecule has 13 heavy (non-hydrogen) atoms. The van der Waals surface area contributed by atoms with Gasteiger partial charge in [-0.2, -0.15) is 0 Å². The van der Waals surface area contributed by atoms with Crippen LogP contribution in [0.5, 0.6) is 0 Å². The topological polar surface area (TPSA) is 12.5 Å². The highest BCUT2D eigenvalue weighted by Gasteiger charge is 2.47. The third kappa shape index (κ3) is 0.798. The summed E-state index contributed by atoms with van der Waals surface area (Å²) in [6.45, 7) is 8.09. The molecule has 0 aromatic heterocycles. The van der Waals surface area contributed by atoms with Gasteiger partial charge in [-0.1, -0.05) is 37.4 Å². The van der Waals surface area contributed by atoms with E-state index >= 15 is 0 Å². The van der Waals surface area contributed by atoms with E-state index in [0.29, 0.717) is 0 Å². The van der Waals surface area contributed by atoms with Crippen LogP contribution in [0.15, 0.2) is 37.4 Å². The third-order valence-electron chi connectivity index (χ3n) is 2.80. The van der Waals surface area contributed by atoms with Crippen LogP contribution in [0.1, 0.15) is 11.1 Å². The molecule has 1 heterocycles. The predicted molar refractivity (Wildman–Crippen MR) is 53.2 cm³/mol. The molecule has 0 radical (unpaired) electrons. The van der Waals surface area contributed by atoms with Gasteiger partial charge in [0, 0.05) is 0 Å². The van der Waals surface area contributed by atoms with E-state index in [4.69, 9.17) is 4.74 Å². The van der Waals surface area contributed by atoms with E-state index in [1.54, 1.807) is 0 Å². The number of rotatable bonds is 0. The van der Waals surface area contributed by atoms with Crippen molar-refractivity contribution in [3.05, 3.63) is 48.6 Å². The Labute approximate surface area is 77.3 Å². The van der Waals surface area contributed by atoms with Crippen LogP contribution in [-0.2, 0) is 4.74 Å². The van der Waals surface area contributed by atoms with Crippen LogP contribution in [0, 0.1) is 0 Å². The number of epoxide rings is 1. The van der Waals surface area contributed by atoms with Crippen molar-refractivity contribution in [3.8, 4) is 0 Å². The molecule has 2 unspecified atom stereocenters. The summed E-state index contributed by atoms with van der Waals surface area (Å²) in [4.78, 5) is 0. The molecule has 1 aromatic rings. The largest absolute Gasteiger partial charge is 0.359 e. The normalized spacial score (nSPS) is 29.5. The summed E-state index contributed by atoms with van der Waals surface area (Å²) in [5.41, 5.74) is 4.61. The van der Waals surface area contributed by atoms with Crippen molar-refractivity contribution in [3.63, 3.8) is 0 Å². The van der Waals surface area contributed by atoms with Crippen LogP contribution in [0.3, 0.4) is 0 Å². The van der Waals surface area contributed by atoms with Gasteiger partial charge in [-0.05, 0) is 22.3 Å². The zero-order valence-electron chi connectivity index (χ0n) is 7.29. The molecule has 1 fully saturated rings. The van der Waals surface area contributed by atoms with E-state index in [2.05, 4.69) is 25.3 Å². The fourth-order valence-electron chi connectivity index (χ4n) is 1.99. The highest BCUT2D eigenvalue weighted by Crippen LogP contribution is 2.48. The minimum atomic E-state index is 0.211. The highest BCUT2D eigenvalue weighted by molar-refractivity contribution is 5.89. The van der Waals surface area contributed by atoms with Crippen LogP contribution in [0.2, 0.25) is 0 Å². The van der Waals surface area contributed by atoms with Crippen LogP contribution < -0.4 is 0 Å². The maximum atomic E-state index is 5.49. The molecular weight excluding hydrogens is 160 g/mol. The van der Waals surface area contributed by atoms with Gasteiger partial charge in [-0.25, -0.2) is 0 Å². The van der Waals surface area contributed by atoms with Gasteiger partial charge in [0.25, 0.3) is 0 Å². The fourth-order valence-corrected chi connectivity index (χ4v) is 1.99. The van der Waals surface area contributed by atoms with E-state index in [-0.39, 0.29) is 12.2 Å². The Morgan fingerprint density at radius 3 is 1.85 bits per heavy atom. The molecule has 1 heteroatoms. The minimum absolute atomic E-state index is 0.211. The first kappa shape index (κ1) is 7.10. The monoisotopic (exact) mass is 170 g/mol. The molecule has 1 nitrogen and oxygen atoms in total. The first-order valence-corrected chi connectivity index (χ1v) is 4.42. The molecule has 0 saturated carbocycles. The van der Waals surface area contributed by atoms with Crippen LogP contribution in [0.4, 0.5) is 0 Å². The molecule has 1 saturated heterocycles. The second kappa shape index (κ2) is 2.12. The molecule has 0 amide bonds. The van der Waals surface area contributed by atoms with Gasteiger partial charge in [0.1, 0.15) is 12.2 Å². The van der Waals surface area contributed by atoms with Crippen LogP contribution >= 0.6 is 0 Å². The summed E-state index contributed by atoms with van der Waals surface area (Å²) in [6, 6.07) is 8.22. The van der Waals surface area contributed by atoms with Crippen molar-refractivity contribution in [2.24, 2.45) is 0 Å². The highest BCUT2D eigenvalue weighted by atomic mass is 16.6. The van der Waals surface area contributed by atoms with Crippen molar-refractivity contribution >= 4 is 11.1 Å². The van der Waals surface area contributed by atoms with E-state index in [1.807, 2.05) is 12.1 Å². The summed E-state index contributed by atoms with van der Waals surface area (Å²) in [5, 5.41) is 0. The predicted octanol–water partition coefficient (Wildman–Crippen LogP) is 2.49. The molecule has 64 valence electrons. The van der Waals surface area contributed by atoms with Crippen molar-refractivity contribution in [1.29, 1.82) is 0 Å². The molecule has 3 rings (SSSR count). The summed E-state index contributed by atoms with van der Waals surface area (Å²) in [6.07, 6.45) is 0.421. The molecule has 2 atom stereocenters. The lowest BCUT2D eigenvalue weighted by Crippen LogP contribution is -2.08. The first-order valence-electron chi connectivity index (χ1n) is 4.42. The van der Waals surface area contributed by atoms with Gasteiger partial charge < -0.3 is 4.74 Å². The number of benzene rings is 1. The number of hydrogen-bond acceptors (Lipinski definition) is 1. The van der Waals surface area contributed by atoms with Gasteiger partial charge in [-0.15, -0.1) is 0 Å². The third-order valence-corrected chi connectivity index (χ3v) is 2.80. The van der Waals surface area contributed by atoms with E-state index < -0.39 is 0 Å². The van der Waals surface area contributed by atoms with Crippen molar-refractivity contribution in [2.75, 3.05) is 0 Å². The molecule has 0 N–H and O–H groups in total. The smallest absolute Gasteiger partial charge is 0.114 e. The maximum Gasteiger partial charge on any atom is 0.114 e. The number of fused-ring (bicyclic) bond motifs is 2. The minimum Gasteiger partial charge on any atom is -0.359 e. The SMILES string of the molecule is C=C1c2ccccc2C(=C)C2OC12. The lowest BCUT2D eigenvalue weighted by atomic mass is 9.85. The van der Waals surface area contributed by atoms with Crippen molar-refractivity contribution in [2.45, 2.75) is 12.2 Å². The average molecular weight is 170 g/mol. The maximum absolute atomic E-state index is 5.49. The summed E-state index contributed by atoms with van der Waals surface area (Å²) < 4.78 is 5.49. The van der Waals surface area contributed by atoms with Crippen LogP contribution in [0.25, 0.3) is 11.1 Å².